The van der Waals surface area contributed by atoms with Gasteiger partial charge >= 0.3 is 0 Å². The summed E-state index contributed by atoms with van der Waals surface area (Å²) in [6.07, 6.45) is 16.7. The SMILES string of the molecule is CCCCC(C)(CC)P(C(C)(CC)CCCC)C(C)(CC)CCCC. The van der Waals surface area contributed by atoms with Gasteiger partial charge in [0.2, 0.25) is 0 Å². The van der Waals surface area contributed by atoms with Gasteiger partial charge in [0.1, 0.15) is 0 Å². The Morgan fingerprint density at radius 3 is 0.880 bits per heavy atom. The van der Waals surface area contributed by atoms with Crippen molar-refractivity contribution in [2.45, 2.75) is 155 Å². The van der Waals surface area contributed by atoms with Gasteiger partial charge in [0, 0.05) is 0 Å². The van der Waals surface area contributed by atoms with Crippen molar-refractivity contribution in [1.29, 1.82) is 0 Å². The van der Waals surface area contributed by atoms with E-state index in [4.69, 9.17) is 0 Å². The van der Waals surface area contributed by atoms with Crippen molar-refractivity contribution in [2.24, 2.45) is 0 Å². The summed E-state index contributed by atoms with van der Waals surface area (Å²) in [5, 5.41) is 1.63. The first-order valence-electron chi connectivity index (χ1n) is 11.5. The third-order valence-electron chi connectivity index (χ3n) is 7.11. The van der Waals surface area contributed by atoms with Gasteiger partial charge in [0.25, 0.3) is 0 Å². The lowest BCUT2D eigenvalue weighted by molar-refractivity contribution is 0.433. The molecule has 0 aromatic rings. The predicted molar refractivity (Wildman–Crippen MR) is 122 cm³/mol. The molecule has 0 aromatic heterocycles. The maximum Gasteiger partial charge on any atom is -0.0116 e. The minimum absolute atomic E-state index is 0.0322. The second kappa shape index (κ2) is 12.0. The van der Waals surface area contributed by atoms with Gasteiger partial charge in [-0.1, -0.05) is 109 Å². The Balaban J connectivity index is 6.06. The first-order valence-corrected chi connectivity index (χ1v) is 12.9. The van der Waals surface area contributed by atoms with E-state index in [0.717, 1.165) is 0 Å². The maximum absolute atomic E-state index is 2.67. The van der Waals surface area contributed by atoms with Crippen LogP contribution in [0.25, 0.3) is 0 Å². The van der Waals surface area contributed by atoms with Crippen molar-refractivity contribution in [3.8, 4) is 0 Å². The summed E-state index contributed by atoms with van der Waals surface area (Å²) in [5.74, 6) is 0. The van der Waals surface area contributed by atoms with Crippen LogP contribution in [0.5, 0.6) is 0 Å². The fourth-order valence-electron chi connectivity index (χ4n) is 4.97. The summed E-state index contributed by atoms with van der Waals surface area (Å²) >= 11 is 0. The summed E-state index contributed by atoms with van der Waals surface area (Å²) in [7, 11) is -0.0322. The van der Waals surface area contributed by atoms with Crippen LogP contribution in [0.15, 0.2) is 0 Å². The summed E-state index contributed by atoms with van der Waals surface area (Å²) in [4.78, 5) is 0. The van der Waals surface area contributed by atoms with Crippen LogP contribution in [-0.2, 0) is 0 Å². The fourth-order valence-corrected chi connectivity index (χ4v) is 11.0. The molecule has 3 atom stereocenters. The number of hydrogen-bond acceptors (Lipinski definition) is 0. The molecule has 0 radical (unpaired) electrons. The van der Waals surface area contributed by atoms with Crippen LogP contribution in [0.4, 0.5) is 0 Å². The highest BCUT2D eigenvalue weighted by atomic mass is 31.1. The lowest BCUT2D eigenvalue weighted by Gasteiger charge is -2.57. The zero-order chi connectivity index (χ0) is 19.6. The van der Waals surface area contributed by atoms with Crippen LogP contribution < -0.4 is 0 Å². The monoisotopic (exact) mass is 370 g/mol. The third kappa shape index (κ3) is 6.83. The van der Waals surface area contributed by atoms with Crippen molar-refractivity contribution in [2.75, 3.05) is 0 Å². The molecule has 0 nitrogen and oxygen atoms in total. The summed E-state index contributed by atoms with van der Waals surface area (Å²) in [6.45, 7) is 22.6. The van der Waals surface area contributed by atoms with E-state index in [0.29, 0.717) is 15.5 Å². The molecular formula is C24H51P. The van der Waals surface area contributed by atoms with Crippen molar-refractivity contribution in [3.05, 3.63) is 0 Å². The number of hydrogen-bond donors (Lipinski definition) is 0. The minimum Gasteiger partial charge on any atom is -0.0885 e. The first-order chi connectivity index (χ1) is 11.7. The van der Waals surface area contributed by atoms with Gasteiger partial charge in [-0.2, -0.15) is 0 Å². The Morgan fingerprint density at radius 2 is 0.720 bits per heavy atom. The summed E-state index contributed by atoms with van der Waals surface area (Å²) in [6, 6.07) is 0. The van der Waals surface area contributed by atoms with Gasteiger partial charge < -0.3 is 0 Å². The molecule has 0 aliphatic carbocycles. The van der Waals surface area contributed by atoms with Gasteiger partial charge in [0.05, 0.1) is 0 Å². The average molecular weight is 371 g/mol. The minimum atomic E-state index is -0.0322. The average Bonchev–Trinajstić information content (AvgIpc) is 2.63. The molecule has 0 rings (SSSR count). The molecule has 0 bridgehead atoms. The molecule has 0 fully saturated rings. The quantitative estimate of drug-likeness (QED) is 0.252. The molecule has 0 aliphatic rings. The van der Waals surface area contributed by atoms with Crippen LogP contribution in [0.2, 0.25) is 0 Å². The molecular weight excluding hydrogens is 319 g/mol. The highest BCUT2D eigenvalue weighted by Gasteiger charge is 2.51. The van der Waals surface area contributed by atoms with Gasteiger partial charge in [-0.15, -0.1) is 0 Å². The molecule has 0 saturated heterocycles. The second-order valence-corrected chi connectivity index (χ2v) is 13.1. The van der Waals surface area contributed by atoms with Crippen molar-refractivity contribution < 1.29 is 0 Å². The summed E-state index contributed by atoms with van der Waals surface area (Å²) < 4.78 is 0. The van der Waals surface area contributed by atoms with Crippen LogP contribution in [0.3, 0.4) is 0 Å². The Morgan fingerprint density at radius 1 is 0.480 bits per heavy atom. The van der Waals surface area contributed by atoms with Crippen LogP contribution in [0, 0.1) is 0 Å². The van der Waals surface area contributed by atoms with E-state index in [2.05, 4.69) is 62.3 Å². The molecule has 0 amide bonds. The molecule has 0 saturated carbocycles. The molecule has 152 valence electrons. The van der Waals surface area contributed by atoms with E-state index in [9.17, 15) is 0 Å². The Bertz CT molecular complexity index is 287. The first kappa shape index (κ1) is 25.4. The van der Waals surface area contributed by atoms with Gasteiger partial charge in [-0.05, 0) is 54.0 Å². The van der Waals surface area contributed by atoms with Gasteiger partial charge in [-0.3, -0.25) is 0 Å². The van der Waals surface area contributed by atoms with Crippen LogP contribution in [0.1, 0.15) is 139 Å². The van der Waals surface area contributed by atoms with Crippen LogP contribution >= 0.6 is 7.92 Å². The molecule has 0 aromatic carbocycles. The smallest absolute Gasteiger partial charge is 0.0116 e. The normalized spacial score (nSPS) is 20.5. The highest BCUT2D eigenvalue weighted by Crippen LogP contribution is 2.73. The number of rotatable bonds is 15. The van der Waals surface area contributed by atoms with E-state index >= 15 is 0 Å². The molecule has 0 aliphatic heterocycles. The van der Waals surface area contributed by atoms with E-state index in [1.165, 1.54) is 77.0 Å². The zero-order valence-corrected chi connectivity index (χ0v) is 20.3. The van der Waals surface area contributed by atoms with Crippen molar-refractivity contribution in [3.63, 3.8) is 0 Å². The lowest BCUT2D eigenvalue weighted by atomic mass is 9.97. The van der Waals surface area contributed by atoms with E-state index in [1.54, 1.807) is 0 Å². The molecule has 0 heterocycles. The Kier molecular flexibility index (Phi) is 12.2. The standard InChI is InChI=1S/C24H51P/c1-10-16-19-22(7,13-4)25(23(8,14-5)20-17-11-2)24(9,15-6)21-18-12-3/h10-21H2,1-9H3. The van der Waals surface area contributed by atoms with Crippen molar-refractivity contribution >= 4 is 7.92 Å². The highest BCUT2D eigenvalue weighted by molar-refractivity contribution is 7.62. The summed E-state index contributed by atoms with van der Waals surface area (Å²) in [5.41, 5.74) is 0. The third-order valence-corrected chi connectivity index (χ3v) is 12.0. The topological polar surface area (TPSA) is 0 Å². The van der Waals surface area contributed by atoms with Crippen LogP contribution in [-0.4, -0.2) is 15.5 Å². The molecule has 0 N–H and O–H groups in total. The lowest BCUT2D eigenvalue weighted by Crippen LogP contribution is -2.43. The van der Waals surface area contributed by atoms with E-state index < -0.39 is 0 Å². The molecule has 0 spiro atoms. The Labute approximate surface area is 163 Å². The Hall–Kier alpha value is 0.430. The predicted octanol–water partition coefficient (Wildman–Crippen LogP) is 9.54. The number of unbranched alkanes of at least 4 members (excludes halogenated alkanes) is 3. The molecule has 1 heteroatoms. The zero-order valence-electron chi connectivity index (χ0n) is 19.4. The van der Waals surface area contributed by atoms with Gasteiger partial charge in [-0.25, -0.2) is 0 Å². The largest absolute Gasteiger partial charge is 0.0885 e. The second-order valence-electron chi connectivity index (χ2n) is 9.20. The fraction of sp³-hybridized carbons (Fsp3) is 1.00. The van der Waals surface area contributed by atoms with Gasteiger partial charge in [0.15, 0.2) is 0 Å². The maximum atomic E-state index is 2.67. The molecule has 25 heavy (non-hydrogen) atoms. The van der Waals surface area contributed by atoms with E-state index in [-0.39, 0.29) is 7.92 Å². The molecule has 3 unspecified atom stereocenters. The van der Waals surface area contributed by atoms with E-state index in [1.807, 2.05) is 0 Å². The van der Waals surface area contributed by atoms with Crippen molar-refractivity contribution in [1.82, 2.24) is 0 Å².